The van der Waals surface area contributed by atoms with Crippen LogP contribution in [0.4, 0.5) is 0 Å². The number of nitrogens with zero attached hydrogens (tertiary/aromatic N) is 1. The van der Waals surface area contributed by atoms with E-state index in [4.69, 9.17) is 4.99 Å². The van der Waals surface area contributed by atoms with Gasteiger partial charge in [0.25, 0.3) is 0 Å². The van der Waals surface area contributed by atoms with Gasteiger partial charge in [-0.2, -0.15) is 0 Å². The lowest BCUT2D eigenvalue weighted by atomic mass is 9.93. The smallest absolute Gasteiger partial charge is 0.156 e. The van der Waals surface area contributed by atoms with Crippen molar-refractivity contribution in [2.45, 2.75) is 53.0 Å². The van der Waals surface area contributed by atoms with E-state index in [0.29, 0.717) is 17.4 Å². The van der Waals surface area contributed by atoms with Crippen LogP contribution in [-0.2, 0) is 0 Å². The minimum absolute atomic E-state index is 0.542. The third-order valence-electron chi connectivity index (χ3n) is 4.44. The van der Waals surface area contributed by atoms with Crippen LogP contribution in [0.2, 0.25) is 0 Å². The van der Waals surface area contributed by atoms with Gasteiger partial charge in [-0.15, -0.1) is 0 Å². The number of hydrogen-bond donors (Lipinski definition) is 1. The van der Waals surface area contributed by atoms with E-state index in [1.807, 2.05) is 11.8 Å². The number of rotatable bonds is 4. The molecule has 2 aliphatic rings. The van der Waals surface area contributed by atoms with Crippen LogP contribution >= 0.6 is 11.8 Å². The maximum absolute atomic E-state index is 4.84. The van der Waals surface area contributed by atoms with Gasteiger partial charge < -0.3 is 5.32 Å². The SMILES string of the molecule is CC(C)C1CCSC(=NCC2(C(C)C)CC2)N1. The van der Waals surface area contributed by atoms with Crippen molar-refractivity contribution in [2.75, 3.05) is 12.3 Å². The highest BCUT2D eigenvalue weighted by Gasteiger charge is 2.45. The molecule has 98 valence electrons. The van der Waals surface area contributed by atoms with E-state index < -0.39 is 0 Å². The molecule has 1 atom stereocenters. The summed E-state index contributed by atoms with van der Waals surface area (Å²) in [6.45, 7) is 10.3. The van der Waals surface area contributed by atoms with Crippen LogP contribution in [0.1, 0.15) is 47.0 Å². The van der Waals surface area contributed by atoms with E-state index in [2.05, 4.69) is 33.0 Å². The summed E-state index contributed by atoms with van der Waals surface area (Å²) in [6, 6.07) is 0.629. The second-order valence-corrected chi connectivity index (χ2v) is 7.35. The van der Waals surface area contributed by atoms with E-state index in [0.717, 1.165) is 12.5 Å². The molecule has 1 unspecified atom stereocenters. The fourth-order valence-corrected chi connectivity index (χ4v) is 3.41. The monoisotopic (exact) mass is 254 g/mol. The highest BCUT2D eigenvalue weighted by atomic mass is 32.2. The number of amidine groups is 1. The van der Waals surface area contributed by atoms with Crippen molar-refractivity contribution in [1.29, 1.82) is 0 Å². The molecule has 0 radical (unpaired) electrons. The minimum atomic E-state index is 0.542. The summed E-state index contributed by atoms with van der Waals surface area (Å²) in [7, 11) is 0. The van der Waals surface area contributed by atoms with Crippen molar-refractivity contribution in [1.82, 2.24) is 5.32 Å². The summed E-state index contributed by atoms with van der Waals surface area (Å²) in [5.41, 5.74) is 0.542. The summed E-state index contributed by atoms with van der Waals surface area (Å²) >= 11 is 1.90. The maximum Gasteiger partial charge on any atom is 0.156 e. The number of aliphatic imine (C=N–C) groups is 1. The van der Waals surface area contributed by atoms with Crippen LogP contribution in [0.5, 0.6) is 0 Å². The first-order chi connectivity index (χ1) is 8.03. The van der Waals surface area contributed by atoms with Gasteiger partial charge in [-0.25, -0.2) is 0 Å². The second kappa shape index (κ2) is 5.21. The Hall–Kier alpha value is -0.180. The van der Waals surface area contributed by atoms with Crippen molar-refractivity contribution in [3.63, 3.8) is 0 Å². The molecular weight excluding hydrogens is 228 g/mol. The third kappa shape index (κ3) is 3.18. The first kappa shape index (κ1) is 13.3. The molecule has 0 spiro atoms. The van der Waals surface area contributed by atoms with Gasteiger partial charge in [-0.1, -0.05) is 39.5 Å². The largest absolute Gasteiger partial charge is 0.362 e. The topological polar surface area (TPSA) is 24.4 Å². The fourth-order valence-electron chi connectivity index (χ4n) is 2.45. The second-order valence-electron chi connectivity index (χ2n) is 6.27. The Kier molecular flexibility index (Phi) is 4.06. The average molecular weight is 254 g/mol. The van der Waals surface area contributed by atoms with Gasteiger partial charge in [0, 0.05) is 18.3 Å². The molecule has 1 heterocycles. The summed E-state index contributed by atoms with van der Waals surface area (Å²) in [5.74, 6) is 2.71. The molecule has 1 aliphatic carbocycles. The van der Waals surface area contributed by atoms with Crippen LogP contribution < -0.4 is 5.32 Å². The maximum atomic E-state index is 4.84. The zero-order valence-electron chi connectivity index (χ0n) is 11.6. The molecule has 2 rings (SSSR count). The standard InChI is InChI=1S/C14H26N2S/c1-10(2)12-5-8-17-13(16-12)15-9-14(6-7-14)11(3)4/h10-12H,5-9H2,1-4H3,(H,15,16). The molecule has 1 saturated carbocycles. The molecule has 0 aromatic heterocycles. The van der Waals surface area contributed by atoms with Crippen LogP contribution in [0.15, 0.2) is 4.99 Å². The molecule has 2 nitrogen and oxygen atoms in total. The van der Waals surface area contributed by atoms with Crippen molar-refractivity contribution in [3.8, 4) is 0 Å². The van der Waals surface area contributed by atoms with Gasteiger partial charge in [-0.05, 0) is 36.5 Å². The van der Waals surface area contributed by atoms with Crippen molar-refractivity contribution in [2.24, 2.45) is 22.2 Å². The molecule has 2 fully saturated rings. The lowest BCUT2D eigenvalue weighted by Gasteiger charge is -2.29. The molecule has 0 bridgehead atoms. The normalized spacial score (nSPS) is 29.8. The van der Waals surface area contributed by atoms with E-state index in [-0.39, 0.29) is 0 Å². The molecule has 0 amide bonds. The van der Waals surface area contributed by atoms with E-state index >= 15 is 0 Å². The lowest BCUT2D eigenvalue weighted by molar-refractivity contribution is 0.370. The van der Waals surface area contributed by atoms with Crippen LogP contribution in [0, 0.1) is 17.3 Å². The summed E-state index contributed by atoms with van der Waals surface area (Å²) < 4.78 is 0. The molecule has 1 N–H and O–H groups in total. The van der Waals surface area contributed by atoms with Crippen molar-refractivity contribution in [3.05, 3.63) is 0 Å². The average Bonchev–Trinajstić information content (AvgIpc) is 3.08. The Balaban J connectivity index is 1.89. The highest BCUT2D eigenvalue weighted by Crippen LogP contribution is 2.52. The fraction of sp³-hybridized carbons (Fsp3) is 0.929. The first-order valence-corrected chi connectivity index (χ1v) is 7.96. The molecule has 3 heteroatoms. The van der Waals surface area contributed by atoms with Gasteiger partial charge in [0.15, 0.2) is 5.17 Å². The molecule has 1 saturated heterocycles. The first-order valence-electron chi connectivity index (χ1n) is 6.97. The number of thioether (sulfide) groups is 1. The predicted molar refractivity (Wildman–Crippen MR) is 77.6 cm³/mol. The molecule has 0 aromatic rings. The van der Waals surface area contributed by atoms with Gasteiger partial charge in [0.2, 0.25) is 0 Å². The zero-order valence-corrected chi connectivity index (χ0v) is 12.4. The van der Waals surface area contributed by atoms with Gasteiger partial charge >= 0.3 is 0 Å². The molecule has 1 aliphatic heterocycles. The number of nitrogens with one attached hydrogen (secondary N) is 1. The highest BCUT2D eigenvalue weighted by molar-refractivity contribution is 8.13. The Morgan fingerprint density at radius 3 is 2.59 bits per heavy atom. The lowest BCUT2D eigenvalue weighted by Crippen LogP contribution is -2.41. The van der Waals surface area contributed by atoms with E-state index in [9.17, 15) is 0 Å². The van der Waals surface area contributed by atoms with Crippen molar-refractivity contribution >= 4 is 16.9 Å². The predicted octanol–water partition coefficient (Wildman–Crippen LogP) is 3.53. The quantitative estimate of drug-likeness (QED) is 0.830. The Morgan fingerprint density at radius 1 is 1.35 bits per heavy atom. The van der Waals surface area contributed by atoms with Gasteiger partial charge in [0.1, 0.15) is 0 Å². The van der Waals surface area contributed by atoms with Crippen LogP contribution in [-0.4, -0.2) is 23.5 Å². The van der Waals surface area contributed by atoms with E-state index in [1.165, 1.54) is 30.2 Å². The van der Waals surface area contributed by atoms with Crippen LogP contribution in [0.25, 0.3) is 0 Å². The van der Waals surface area contributed by atoms with Crippen molar-refractivity contribution < 1.29 is 0 Å². The van der Waals surface area contributed by atoms with E-state index in [1.54, 1.807) is 0 Å². The zero-order chi connectivity index (χ0) is 12.5. The van der Waals surface area contributed by atoms with Gasteiger partial charge in [-0.3, -0.25) is 4.99 Å². The molecule has 0 aromatic carbocycles. The Bertz CT molecular complexity index is 293. The van der Waals surface area contributed by atoms with Crippen LogP contribution in [0.3, 0.4) is 0 Å². The minimum Gasteiger partial charge on any atom is -0.362 e. The summed E-state index contributed by atoms with van der Waals surface area (Å²) in [4.78, 5) is 4.84. The molecular formula is C14H26N2S. The third-order valence-corrected chi connectivity index (χ3v) is 5.40. The Morgan fingerprint density at radius 2 is 2.06 bits per heavy atom. The summed E-state index contributed by atoms with van der Waals surface area (Å²) in [5, 5.41) is 4.80. The molecule has 17 heavy (non-hydrogen) atoms. The van der Waals surface area contributed by atoms with Gasteiger partial charge in [0.05, 0.1) is 0 Å². The number of hydrogen-bond acceptors (Lipinski definition) is 2. The Labute approximate surface area is 110 Å². The summed E-state index contributed by atoms with van der Waals surface area (Å²) in [6.07, 6.45) is 4.02.